The summed E-state index contributed by atoms with van der Waals surface area (Å²) in [5.41, 5.74) is 0.473. The minimum atomic E-state index is -0.0290. The third-order valence-electron chi connectivity index (χ3n) is 3.31. The number of nitrogens with zero attached hydrogens (tertiary/aromatic N) is 1. The molecule has 0 aromatic carbocycles. The van der Waals surface area contributed by atoms with Crippen LogP contribution >= 0.6 is 0 Å². The number of carbonyl (C=O) groups excluding carboxylic acids is 1. The van der Waals surface area contributed by atoms with Gasteiger partial charge in [0.1, 0.15) is 17.5 Å². The van der Waals surface area contributed by atoms with Crippen LogP contribution in [0.3, 0.4) is 0 Å². The minimum absolute atomic E-state index is 0.0290. The fraction of sp³-hybridized carbons (Fsp3) is 0.571. The number of ketones is 1. The summed E-state index contributed by atoms with van der Waals surface area (Å²) in [6, 6.07) is 3.51. The zero-order valence-electron chi connectivity index (χ0n) is 10.9. The van der Waals surface area contributed by atoms with Gasteiger partial charge in [-0.3, -0.25) is 4.79 Å². The van der Waals surface area contributed by atoms with Crippen LogP contribution in [0.2, 0.25) is 0 Å². The molecule has 2 atom stereocenters. The first kappa shape index (κ1) is 13.0. The van der Waals surface area contributed by atoms with Crippen LogP contribution in [0.25, 0.3) is 0 Å². The van der Waals surface area contributed by atoms with Crippen molar-refractivity contribution in [1.82, 2.24) is 4.98 Å². The van der Waals surface area contributed by atoms with E-state index in [1.165, 1.54) is 6.92 Å². The molecule has 0 saturated heterocycles. The Bertz CT molecular complexity index is 402. The van der Waals surface area contributed by atoms with Crippen LogP contribution in [0.1, 0.15) is 43.1 Å². The number of pyridine rings is 1. The smallest absolute Gasteiger partial charge is 0.178 e. The van der Waals surface area contributed by atoms with Crippen molar-refractivity contribution < 1.29 is 14.3 Å². The highest BCUT2D eigenvalue weighted by Crippen LogP contribution is 2.24. The normalized spacial score (nSPS) is 23.7. The van der Waals surface area contributed by atoms with E-state index in [0.29, 0.717) is 11.8 Å². The van der Waals surface area contributed by atoms with E-state index in [-0.39, 0.29) is 11.9 Å². The van der Waals surface area contributed by atoms with Gasteiger partial charge in [-0.1, -0.05) is 0 Å². The lowest BCUT2D eigenvalue weighted by Crippen LogP contribution is -2.29. The van der Waals surface area contributed by atoms with Crippen molar-refractivity contribution in [1.29, 1.82) is 0 Å². The molecule has 18 heavy (non-hydrogen) atoms. The van der Waals surface area contributed by atoms with Crippen molar-refractivity contribution in [2.75, 3.05) is 7.11 Å². The number of rotatable bonds is 4. The molecule has 1 aliphatic rings. The van der Waals surface area contributed by atoms with Gasteiger partial charge in [0.15, 0.2) is 5.78 Å². The molecule has 2 unspecified atom stereocenters. The van der Waals surface area contributed by atoms with E-state index in [9.17, 15) is 4.79 Å². The Labute approximate surface area is 107 Å². The van der Waals surface area contributed by atoms with Crippen molar-refractivity contribution >= 4 is 5.78 Å². The van der Waals surface area contributed by atoms with Crippen LogP contribution < -0.4 is 4.74 Å². The molecule has 1 saturated carbocycles. The summed E-state index contributed by atoms with van der Waals surface area (Å²) < 4.78 is 11.2. The molecule has 1 aromatic rings. The van der Waals surface area contributed by atoms with Gasteiger partial charge in [0.05, 0.1) is 12.3 Å². The van der Waals surface area contributed by atoms with Crippen LogP contribution in [-0.2, 0) is 4.74 Å². The average Bonchev–Trinajstić information content (AvgIpc) is 2.39. The molecule has 1 fully saturated rings. The largest absolute Gasteiger partial charge is 0.489 e. The zero-order valence-corrected chi connectivity index (χ0v) is 10.9. The van der Waals surface area contributed by atoms with E-state index in [4.69, 9.17) is 9.47 Å². The van der Waals surface area contributed by atoms with Crippen molar-refractivity contribution in [3.05, 3.63) is 24.0 Å². The van der Waals surface area contributed by atoms with Gasteiger partial charge >= 0.3 is 0 Å². The monoisotopic (exact) mass is 249 g/mol. The molecule has 0 radical (unpaired) electrons. The standard InChI is InChI=1S/C14H19NO3/c1-10(16)14-7-6-13(9-15-14)18-12-5-3-4-11(8-12)17-2/h6-7,9,11-12H,3-5,8H2,1-2H3. The van der Waals surface area contributed by atoms with E-state index >= 15 is 0 Å². The van der Waals surface area contributed by atoms with Gasteiger partial charge < -0.3 is 9.47 Å². The summed E-state index contributed by atoms with van der Waals surface area (Å²) in [6.45, 7) is 1.51. The lowest BCUT2D eigenvalue weighted by Gasteiger charge is -2.28. The molecule has 1 aliphatic carbocycles. The molecule has 98 valence electrons. The van der Waals surface area contributed by atoms with Gasteiger partial charge in [-0.25, -0.2) is 4.98 Å². The number of Topliss-reactive ketones (excluding diaryl/α,β-unsaturated/α-hetero) is 1. The Morgan fingerprint density at radius 3 is 2.72 bits per heavy atom. The highest BCUT2D eigenvalue weighted by molar-refractivity contribution is 5.92. The maximum atomic E-state index is 11.1. The van der Waals surface area contributed by atoms with Crippen molar-refractivity contribution in [3.8, 4) is 5.75 Å². The topological polar surface area (TPSA) is 48.4 Å². The van der Waals surface area contributed by atoms with Crippen LogP contribution in [0, 0.1) is 0 Å². The molecule has 0 N–H and O–H groups in total. The molecule has 0 spiro atoms. The molecule has 4 nitrogen and oxygen atoms in total. The summed E-state index contributed by atoms with van der Waals surface area (Å²) in [5, 5.41) is 0. The lowest BCUT2D eigenvalue weighted by molar-refractivity contribution is 0.0208. The van der Waals surface area contributed by atoms with Crippen molar-refractivity contribution in [2.24, 2.45) is 0 Å². The Morgan fingerprint density at radius 1 is 1.33 bits per heavy atom. The van der Waals surface area contributed by atoms with E-state index in [2.05, 4.69) is 4.98 Å². The maximum Gasteiger partial charge on any atom is 0.178 e. The summed E-state index contributed by atoms with van der Waals surface area (Å²) in [4.78, 5) is 15.2. The maximum absolute atomic E-state index is 11.1. The molecule has 0 amide bonds. The number of aromatic nitrogens is 1. The zero-order chi connectivity index (χ0) is 13.0. The Morgan fingerprint density at radius 2 is 2.11 bits per heavy atom. The summed E-state index contributed by atoms with van der Waals surface area (Å²) in [7, 11) is 1.75. The number of ether oxygens (including phenoxy) is 2. The molecule has 0 aliphatic heterocycles. The van der Waals surface area contributed by atoms with Crippen LogP contribution in [0.4, 0.5) is 0 Å². The fourth-order valence-corrected chi connectivity index (χ4v) is 2.27. The first-order valence-corrected chi connectivity index (χ1v) is 6.35. The minimum Gasteiger partial charge on any atom is -0.489 e. The van der Waals surface area contributed by atoms with Crippen LogP contribution in [0.15, 0.2) is 18.3 Å². The van der Waals surface area contributed by atoms with Gasteiger partial charge in [0.2, 0.25) is 0 Å². The van der Waals surface area contributed by atoms with Gasteiger partial charge in [-0.2, -0.15) is 0 Å². The van der Waals surface area contributed by atoms with Crippen molar-refractivity contribution in [3.63, 3.8) is 0 Å². The Balaban J connectivity index is 1.94. The summed E-state index contributed by atoms with van der Waals surface area (Å²) >= 11 is 0. The third-order valence-corrected chi connectivity index (χ3v) is 3.31. The SMILES string of the molecule is COC1CCCC(Oc2ccc(C(C)=O)nc2)C1. The quantitative estimate of drug-likeness (QED) is 0.770. The van der Waals surface area contributed by atoms with Gasteiger partial charge in [-0.05, 0) is 31.4 Å². The predicted octanol–water partition coefficient (Wildman–Crippen LogP) is 2.62. The van der Waals surface area contributed by atoms with E-state index < -0.39 is 0 Å². The number of hydrogen-bond acceptors (Lipinski definition) is 4. The molecule has 2 rings (SSSR count). The van der Waals surface area contributed by atoms with Crippen LogP contribution in [0.5, 0.6) is 5.75 Å². The van der Waals surface area contributed by atoms with E-state index in [1.54, 1.807) is 25.4 Å². The van der Waals surface area contributed by atoms with Gasteiger partial charge in [-0.15, -0.1) is 0 Å². The lowest BCUT2D eigenvalue weighted by atomic mass is 9.95. The molecule has 1 heterocycles. The highest BCUT2D eigenvalue weighted by atomic mass is 16.5. The second-order valence-corrected chi connectivity index (χ2v) is 4.70. The first-order valence-electron chi connectivity index (χ1n) is 6.35. The molecular weight excluding hydrogens is 230 g/mol. The van der Waals surface area contributed by atoms with Crippen molar-refractivity contribution in [2.45, 2.75) is 44.8 Å². The van der Waals surface area contributed by atoms with Gasteiger partial charge in [0, 0.05) is 20.5 Å². The molecule has 4 heteroatoms. The predicted molar refractivity (Wildman–Crippen MR) is 67.9 cm³/mol. The van der Waals surface area contributed by atoms with E-state index in [1.807, 2.05) is 0 Å². The first-order chi connectivity index (χ1) is 8.69. The summed E-state index contributed by atoms with van der Waals surface area (Å²) in [5.74, 6) is 0.695. The fourth-order valence-electron chi connectivity index (χ4n) is 2.27. The number of hydrogen-bond donors (Lipinski definition) is 0. The highest BCUT2D eigenvalue weighted by Gasteiger charge is 2.23. The molecular formula is C14H19NO3. The Hall–Kier alpha value is -1.42. The van der Waals surface area contributed by atoms with Crippen LogP contribution in [-0.4, -0.2) is 30.1 Å². The molecule has 0 bridgehead atoms. The Kier molecular flexibility index (Phi) is 4.31. The van der Waals surface area contributed by atoms with Gasteiger partial charge in [0.25, 0.3) is 0 Å². The average molecular weight is 249 g/mol. The second-order valence-electron chi connectivity index (χ2n) is 4.70. The molecule has 1 aromatic heterocycles. The van der Waals surface area contributed by atoms with E-state index in [0.717, 1.165) is 31.4 Å². The third kappa shape index (κ3) is 3.29. The summed E-state index contributed by atoms with van der Waals surface area (Å²) in [6.07, 6.45) is 6.31. The second kappa shape index (κ2) is 5.96. The number of carbonyl (C=O) groups is 1. The number of methoxy groups -OCH3 is 1.